The van der Waals surface area contributed by atoms with Gasteiger partial charge in [-0.05, 0) is 23.3 Å². The van der Waals surface area contributed by atoms with Gasteiger partial charge in [-0.2, -0.15) is 0 Å². The topological polar surface area (TPSA) is 68.5 Å². The molecule has 0 fully saturated rings. The fraction of sp³-hybridized carbons (Fsp3) is 0.190. The van der Waals surface area contributed by atoms with E-state index in [0.29, 0.717) is 23.5 Å². The Hall–Kier alpha value is -3.48. The van der Waals surface area contributed by atoms with E-state index in [2.05, 4.69) is 15.5 Å². The maximum absolute atomic E-state index is 13.8. The van der Waals surface area contributed by atoms with Crippen LogP contribution in [0.4, 0.5) is 4.39 Å². The summed E-state index contributed by atoms with van der Waals surface area (Å²) in [6, 6.07) is 15.1. The zero-order valence-corrected chi connectivity index (χ0v) is 15.2. The van der Waals surface area contributed by atoms with Crippen molar-refractivity contribution in [1.29, 1.82) is 0 Å². The number of halogens is 1. The molecule has 0 radical (unpaired) electrons. The molecule has 1 aromatic heterocycles. The molecule has 3 aromatic rings. The molecule has 6 nitrogen and oxygen atoms in total. The monoisotopic (exact) mass is 378 g/mol. The van der Waals surface area contributed by atoms with Crippen LogP contribution in [0.1, 0.15) is 35.5 Å². The number of rotatable bonds is 5. The van der Waals surface area contributed by atoms with Gasteiger partial charge >= 0.3 is 0 Å². The number of amides is 1. The highest BCUT2D eigenvalue weighted by Crippen LogP contribution is 2.28. The molecule has 7 heteroatoms. The molecule has 1 N–H and O–H groups in total. The molecule has 1 aliphatic rings. The van der Waals surface area contributed by atoms with Gasteiger partial charge in [-0.3, -0.25) is 4.79 Å². The lowest BCUT2D eigenvalue weighted by molar-refractivity contribution is -0.115. The third-order valence-corrected chi connectivity index (χ3v) is 4.68. The zero-order chi connectivity index (χ0) is 19.5. The van der Waals surface area contributed by atoms with Crippen molar-refractivity contribution in [3.8, 4) is 0 Å². The summed E-state index contributed by atoms with van der Waals surface area (Å²) in [5.41, 5.74) is 1.85. The lowest BCUT2D eigenvalue weighted by Gasteiger charge is -2.19. The van der Waals surface area contributed by atoms with E-state index in [4.69, 9.17) is 4.84 Å². The minimum Gasteiger partial charge on any atom is -0.387 e. The second-order valence-corrected chi connectivity index (χ2v) is 6.60. The smallest absolute Gasteiger partial charge is 0.270 e. The Morgan fingerprint density at radius 2 is 2.07 bits per heavy atom. The number of carbonyl (C=O) groups is 1. The van der Waals surface area contributed by atoms with Crippen LogP contribution in [0.5, 0.6) is 0 Å². The van der Waals surface area contributed by atoms with Crippen molar-refractivity contribution in [3.63, 3.8) is 0 Å². The van der Waals surface area contributed by atoms with Crippen molar-refractivity contribution in [2.45, 2.75) is 18.6 Å². The number of hydrogen-bond acceptors (Lipinski definition) is 4. The summed E-state index contributed by atoms with van der Waals surface area (Å²) in [4.78, 5) is 22.6. The number of hydrogen-bond donors (Lipinski definition) is 1. The average Bonchev–Trinajstić information content (AvgIpc) is 3.36. The number of nitrogens with one attached hydrogen (secondary N) is 1. The van der Waals surface area contributed by atoms with Crippen LogP contribution in [0.15, 0.2) is 72.1 Å². The maximum atomic E-state index is 13.8. The molecule has 0 aliphatic carbocycles. The molecule has 0 bridgehead atoms. The van der Waals surface area contributed by atoms with Gasteiger partial charge in [-0.25, -0.2) is 9.37 Å². The molecule has 0 spiro atoms. The van der Waals surface area contributed by atoms with E-state index < -0.39 is 6.04 Å². The lowest BCUT2D eigenvalue weighted by Crippen LogP contribution is -2.35. The molecule has 0 saturated carbocycles. The van der Waals surface area contributed by atoms with Crippen LogP contribution in [0.3, 0.4) is 0 Å². The van der Waals surface area contributed by atoms with Gasteiger partial charge in [0.1, 0.15) is 23.4 Å². The minimum atomic E-state index is -0.610. The Labute approximate surface area is 161 Å². The molecular weight excluding hydrogens is 359 g/mol. The number of oxime groups is 1. The summed E-state index contributed by atoms with van der Waals surface area (Å²) in [5.74, 6) is -0.148. The molecule has 1 aliphatic heterocycles. The minimum absolute atomic E-state index is 0.289. The normalized spacial score (nSPS) is 16.9. The van der Waals surface area contributed by atoms with Crippen LogP contribution < -0.4 is 5.32 Å². The molecule has 2 unspecified atom stereocenters. The van der Waals surface area contributed by atoms with E-state index in [-0.39, 0.29) is 17.8 Å². The molecular formula is C21H19FN4O2. The molecule has 28 heavy (non-hydrogen) atoms. The van der Waals surface area contributed by atoms with E-state index in [1.165, 1.54) is 12.1 Å². The first-order valence-electron chi connectivity index (χ1n) is 8.93. The van der Waals surface area contributed by atoms with Gasteiger partial charge in [0.2, 0.25) is 0 Å². The van der Waals surface area contributed by atoms with Crippen molar-refractivity contribution >= 4 is 11.6 Å². The summed E-state index contributed by atoms with van der Waals surface area (Å²) in [6.07, 6.45) is 3.49. The number of aromatic nitrogens is 2. The fourth-order valence-electron chi connectivity index (χ4n) is 3.21. The molecule has 0 saturated heterocycles. The maximum Gasteiger partial charge on any atom is 0.270 e. The van der Waals surface area contributed by atoms with E-state index in [0.717, 1.165) is 5.56 Å². The van der Waals surface area contributed by atoms with Crippen molar-refractivity contribution < 1.29 is 14.0 Å². The molecule has 1 amide bonds. The van der Waals surface area contributed by atoms with Gasteiger partial charge in [0.15, 0.2) is 6.10 Å². The second kappa shape index (κ2) is 7.64. The first kappa shape index (κ1) is 17.9. The Kier molecular flexibility index (Phi) is 4.89. The molecule has 4 rings (SSSR count). The Morgan fingerprint density at radius 1 is 1.25 bits per heavy atom. The van der Waals surface area contributed by atoms with Gasteiger partial charge in [-0.15, -0.1) is 0 Å². The van der Waals surface area contributed by atoms with Gasteiger partial charge in [0.05, 0.1) is 0 Å². The van der Waals surface area contributed by atoms with E-state index in [9.17, 15) is 9.18 Å². The molecule has 2 aromatic carbocycles. The number of imidazole rings is 1. The third kappa shape index (κ3) is 3.64. The number of aryl methyl sites for hydroxylation is 1. The first-order chi connectivity index (χ1) is 13.6. The Bertz CT molecular complexity index is 1020. The highest BCUT2D eigenvalue weighted by molar-refractivity contribution is 6.39. The number of benzene rings is 2. The van der Waals surface area contributed by atoms with E-state index >= 15 is 0 Å². The van der Waals surface area contributed by atoms with Gasteiger partial charge in [0.25, 0.3) is 5.91 Å². The van der Waals surface area contributed by atoms with Crippen LogP contribution in [-0.4, -0.2) is 21.2 Å². The van der Waals surface area contributed by atoms with E-state index in [1.807, 2.05) is 37.4 Å². The van der Waals surface area contributed by atoms with Crippen LogP contribution in [-0.2, 0) is 16.7 Å². The van der Waals surface area contributed by atoms with Gasteiger partial charge in [-0.1, -0.05) is 47.6 Å². The standard InChI is InChI=1S/C21H19FN4O2/c1-26-11-10-23-20(26)19(15-8-5-9-16(22)12-15)24-21(27)17-13-18(28-25-17)14-6-3-2-4-7-14/h2-12,18-19H,13H2,1H3,(H,24,27). The summed E-state index contributed by atoms with van der Waals surface area (Å²) in [5, 5.41) is 6.88. The largest absolute Gasteiger partial charge is 0.387 e. The lowest BCUT2D eigenvalue weighted by atomic mass is 10.0. The predicted molar refractivity (Wildman–Crippen MR) is 102 cm³/mol. The fourth-order valence-corrected chi connectivity index (χ4v) is 3.21. The van der Waals surface area contributed by atoms with Gasteiger partial charge in [0, 0.05) is 25.9 Å². The van der Waals surface area contributed by atoms with Crippen molar-refractivity contribution in [1.82, 2.24) is 14.9 Å². The summed E-state index contributed by atoms with van der Waals surface area (Å²) >= 11 is 0. The highest BCUT2D eigenvalue weighted by Gasteiger charge is 2.30. The summed E-state index contributed by atoms with van der Waals surface area (Å²) in [6.45, 7) is 0. The second-order valence-electron chi connectivity index (χ2n) is 6.60. The molecule has 2 heterocycles. The quantitative estimate of drug-likeness (QED) is 0.741. The highest BCUT2D eigenvalue weighted by atomic mass is 19.1. The number of carbonyl (C=O) groups excluding carboxylic acids is 1. The average molecular weight is 378 g/mol. The predicted octanol–water partition coefficient (Wildman–Crippen LogP) is 3.28. The Balaban J connectivity index is 1.54. The molecule has 2 atom stereocenters. The Morgan fingerprint density at radius 3 is 2.79 bits per heavy atom. The third-order valence-electron chi connectivity index (χ3n) is 4.68. The number of nitrogens with zero attached hydrogens (tertiary/aromatic N) is 3. The van der Waals surface area contributed by atoms with Crippen molar-refractivity contribution in [3.05, 3.63) is 89.8 Å². The first-order valence-corrected chi connectivity index (χ1v) is 8.93. The van der Waals surface area contributed by atoms with E-state index in [1.54, 1.807) is 29.1 Å². The van der Waals surface area contributed by atoms with Crippen LogP contribution in [0.25, 0.3) is 0 Å². The summed E-state index contributed by atoms with van der Waals surface area (Å²) in [7, 11) is 1.82. The van der Waals surface area contributed by atoms with Crippen molar-refractivity contribution in [2.24, 2.45) is 12.2 Å². The molecule has 142 valence electrons. The summed E-state index contributed by atoms with van der Waals surface area (Å²) < 4.78 is 15.6. The SMILES string of the molecule is Cn1ccnc1C(NC(=O)C1=NOC(c2ccccc2)C1)c1cccc(F)c1. The zero-order valence-electron chi connectivity index (χ0n) is 15.2. The van der Waals surface area contributed by atoms with Crippen LogP contribution >= 0.6 is 0 Å². The van der Waals surface area contributed by atoms with Crippen molar-refractivity contribution in [2.75, 3.05) is 0 Å². The van der Waals surface area contributed by atoms with Crippen LogP contribution in [0, 0.1) is 5.82 Å². The van der Waals surface area contributed by atoms with Gasteiger partial charge < -0.3 is 14.7 Å². The van der Waals surface area contributed by atoms with Crippen LogP contribution in [0.2, 0.25) is 0 Å².